The summed E-state index contributed by atoms with van der Waals surface area (Å²) in [6.45, 7) is 4.07. The number of anilines is 1. The van der Waals surface area contributed by atoms with E-state index in [0.717, 1.165) is 43.2 Å². The van der Waals surface area contributed by atoms with Crippen molar-refractivity contribution in [2.75, 3.05) is 38.5 Å². The van der Waals surface area contributed by atoms with Crippen molar-refractivity contribution in [3.8, 4) is 0 Å². The monoisotopic (exact) mass is 347 g/mol. The highest BCUT2D eigenvalue weighted by Gasteiger charge is 2.19. The van der Waals surface area contributed by atoms with Gasteiger partial charge in [0.05, 0.1) is 13.0 Å². The molecule has 1 amide bonds. The number of nitrogens with zero attached hydrogens (tertiary/aromatic N) is 2. The van der Waals surface area contributed by atoms with Crippen LogP contribution in [0.15, 0.2) is 40.8 Å². The van der Waals surface area contributed by atoms with E-state index in [4.69, 9.17) is 16.0 Å². The lowest BCUT2D eigenvalue weighted by Crippen LogP contribution is -2.47. The van der Waals surface area contributed by atoms with Crippen LogP contribution >= 0.6 is 11.6 Å². The molecule has 1 fully saturated rings. The van der Waals surface area contributed by atoms with Crippen LogP contribution in [0.5, 0.6) is 0 Å². The first-order valence-electron chi connectivity index (χ1n) is 8.13. The number of piperazine rings is 1. The third-order valence-corrected chi connectivity index (χ3v) is 4.44. The number of halogens is 1. The van der Waals surface area contributed by atoms with Crippen molar-refractivity contribution in [3.63, 3.8) is 0 Å². The molecule has 0 bridgehead atoms. The lowest BCUT2D eigenvalue weighted by Gasteiger charge is -2.32. The molecule has 2 heterocycles. The summed E-state index contributed by atoms with van der Waals surface area (Å²) in [4.78, 5) is 16.6. The Hall–Kier alpha value is -1.98. The van der Waals surface area contributed by atoms with Gasteiger partial charge in [-0.2, -0.15) is 0 Å². The molecule has 1 N–H and O–H groups in total. The second-order valence-electron chi connectivity index (χ2n) is 6.12. The molecule has 0 aliphatic carbocycles. The number of amides is 1. The minimum Gasteiger partial charge on any atom is -0.448 e. The third-order valence-electron chi connectivity index (χ3n) is 4.23. The lowest BCUT2D eigenvalue weighted by atomic mass is 10.1. The highest BCUT2D eigenvalue weighted by Crippen LogP contribution is 2.17. The highest BCUT2D eigenvalue weighted by molar-refractivity contribution is 6.28. The zero-order valence-electron chi connectivity index (χ0n) is 13.8. The first-order valence-corrected chi connectivity index (χ1v) is 8.51. The summed E-state index contributed by atoms with van der Waals surface area (Å²) in [7, 11) is 2.09. The molecule has 5 nitrogen and oxygen atoms in total. The molecule has 128 valence electrons. The van der Waals surface area contributed by atoms with Crippen LogP contribution in [0.25, 0.3) is 0 Å². The van der Waals surface area contributed by atoms with E-state index < -0.39 is 0 Å². The second-order valence-corrected chi connectivity index (χ2v) is 6.49. The molecule has 1 aliphatic heterocycles. The van der Waals surface area contributed by atoms with Crippen LogP contribution < -0.4 is 5.32 Å². The Morgan fingerprint density at radius 3 is 2.71 bits per heavy atom. The highest BCUT2D eigenvalue weighted by atomic mass is 35.5. The predicted octanol–water partition coefficient (Wildman–Crippen LogP) is 2.86. The van der Waals surface area contributed by atoms with E-state index in [9.17, 15) is 4.79 Å². The number of likely N-dealkylation sites (N-methyl/N-ethyl adjacent to an activating group) is 1. The van der Waals surface area contributed by atoms with Crippen molar-refractivity contribution in [1.82, 2.24) is 9.80 Å². The standard InChI is InChI=1S/C18H22ClN3O2/c1-21-7-9-22(10-8-21)18(23)12-14-3-2-4-15(11-14)20-13-16-5-6-17(19)24-16/h2-6,11,20H,7-10,12-13H2,1H3. The van der Waals surface area contributed by atoms with E-state index in [1.54, 1.807) is 6.07 Å². The van der Waals surface area contributed by atoms with E-state index in [1.165, 1.54) is 0 Å². The Kier molecular flexibility index (Phi) is 5.43. The summed E-state index contributed by atoms with van der Waals surface area (Å²) in [5.74, 6) is 0.969. The minimum absolute atomic E-state index is 0.193. The molecule has 2 aromatic rings. The van der Waals surface area contributed by atoms with Crippen LogP contribution in [0.2, 0.25) is 5.22 Å². The van der Waals surface area contributed by atoms with Gasteiger partial charge < -0.3 is 19.5 Å². The zero-order chi connectivity index (χ0) is 16.9. The number of hydrogen-bond donors (Lipinski definition) is 1. The van der Waals surface area contributed by atoms with Gasteiger partial charge in [-0.1, -0.05) is 12.1 Å². The van der Waals surface area contributed by atoms with Gasteiger partial charge in [0.15, 0.2) is 5.22 Å². The number of carbonyl (C=O) groups is 1. The first-order chi connectivity index (χ1) is 11.6. The number of furan rings is 1. The normalized spacial score (nSPS) is 15.5. The number of nitrogens with one attached hydrogen (secondary N) is 1. The van der Waals surface area contributed by atoms with Crippen LogP contribution in [0, 0.1) is 0 Å². The molecule has 1 aromatic heterocycles. The largest absolute Gasteiger partial charge is 0.448 e. The fourth-order valence-electron chi connectivity index (χ4n) is 2.77. The number of hydrogen-bond acceptors (Lipinski definition) is 4. The fraction of sp³-hybridized carbons (Fsp3) is 0.389. The summed E-state index contributed by atoms with van der Waals surface area (Å²) >= 11 is 5.77. The Balaban J connectivity index is 1.55. The summed E-state index contributed by atoms with van der Waals surface area (Å²) in [5.41, 5.74) is 1.98. The molecule has 0 spiro atoms. The van der Waals surface area contributed by atoms with Gasteiger partial charge in [0.2, 0.25) is 5.91 Å². The number of benzene rings is 1. The van der Waals surface area contributed by atoms with Gasteiger partial charge in [0, 0.05) is 31.9 Å². The minimum atomic E-state index is 0.193. The maximum atomic E-state index is 12.4. The van der Waals surface area contributed by atoms with E-state index >= 15 is 0 Å². The van der Waals surface area contributed by atoms with E-state index in [1.807, 2.05) is 35.2 Å². The van der Waals surface area contributed by atoms with Gasteiger partial charge in [-0.25, -0.2) is 0 Å². The van der Waals surface area contributed by atoms with Gasteiger partial charge in [-0.05, 0) is 48.5 Å². The van der Waals surface area contributed by atoms with Gasteiger partial charge in [-0.3, -0.25) is 4.79 Å². The average molecular weight is 348 g/mol. The van der Waals surface area contributed by atoms with Gasteiger partial charge >= 0.3 is 0 Å². The van der Waals surface area contributed by atoms with Crippen LogP contribution in [0.1, 0.15) is 11.3 Å². The predicted molar refractivity (Wildman–Crippen MR) is 95.3 cm³/mol. The van der Waals surface area contributed by atoms with Crippen molar-refractivity contribution in [3.05, 3.63) is 52.9 Å². The Labute approximate surface area is 147 Å². The smallest absolute Gasteiger partial charge is 0.227 e. The van der Waals surface area contributed by atoms with Crippen molar-refractivity contribution < 1.29 is 9.21 Å². The van der Waals surface area contributed by atoms with E-state index in [-0.39, 0.29) is 5.91 Å². The number of carbonyl (C=O) groups excluding carboxylic acids is 1. The SMILES string of the molecule is CN1CCN(C(=O)Cc2cccc(NCc3ccc(Cl)o3)c2)CC1. The Bertz CT molecular complexity index is 693. The molecule has 1 saturated heterocycles. The summed E-state index contributed by atoms with van der Waals surface area (Å²) in [6, 6.07) is 11.5. The van der Waals surface area contributed by atoms with Crippen molar-refractivity contribution in [2.24, 2.45) is 0 Å². The lowest BCUT2D eigenvalue weighted by molar-refractivity contribution is -0.132. The molecule has 0 radical (unpaired) electrons. The molecular weight excluding hydrogens is 326 g/mol. The maximum Gasteiger partial charge on any atom is 0.227 e. The Morgan fingerprint density at radius 1 is 1.21 bits per heavy atom. The summed E-state index contributed by atoms with van der Waals surface area (Å²) in [6.07, 6.45) is 0.436. The zero-order valence-corrected chi connectivity index (χ0v) is 14.6. The molecule has 0 saturated carbocycles. The number of rotatable bonds is 5. The molecule has 24 heavy (non-hydrogen) atoms. The van der Waals surface area contributed by atoms with E-state index in [0.29, 0.717) is 18.2 Å². The van der Waals surface area contributed by atoms with Crippen molar-refractivity contribution in [1.29, 1.82) is 0 Å². The molecular formula is C18H22ClN3O2. The van der Waals surface area contributed by atoms with Crippen LogP contribution in [-0.4, -0.2) is 48.9 Å². The molecule has 1 aromatic carbocycles. The van der Waals surface area contributed by atoms with Crippen molar-refractivity contribution in [2.45, 2.75) is 13.0 Å². The van der Waals surface area contributed by atoms with Gasteiger partial charge in [0.1, 0.15) is 5.76 Å². The van der Waals surface area contributed by atoms with Crippen LogP contribution in [-0.2, 0) is 17.8 Å². The van der Waals surface area contributed by atoms with Gasteiger partial charge in [0.25, 0.3) is 0 Å². The molecule has 0 unspecified atom stereocenters. The summed E-state index contributed by atoms with van der Waals surface area (Å²) < 4.78 is 5.33. The first kappa shape index (κ1) is 16.9. The molecule has 1 aliphatic rings. The van der Waals surface area contributed by atoms with Crippen LogP contribution in [0.4, 0.5) is 5.69 Å². The molecule has 3 rings (SSSR count). The molecule has 0 atom stereocenters. The second kappa shape index (κ2) is 7.73. The quantitative estimate of drug-likeness (QED) is 0.903. The average Bonchev–Trinajstić information content (AvgIpc) is 2.99. The van der Waals surface area contributed by atoms with Crippen molar-refractivity contribution >= 4 is 23.2 Å². The molecule has 6 heteroatoms. The Morgan fingerprint density at radius 2 is 2.00 bits per heavy atom. The van der Waals surface area contributed by atoms with E-state index in [2.05, 4.69) is 17.3 Å². The maximum absolute atomic E-state index is 12.4. The third kappa shape index (κ3) is 4.52. The topological polar surface area (TPSA) is 48.7 Å². The van der Waals surface area contributed by atoms with Crippen LogP contribution in [0.3, 0.4) is 0 Å². The van der Waals surface area contributed by atoms with Gasteiger partial charge in [-0.15, -0.1) is 0 Å². The summed E-state index contributed by atoms with van der Waals surface area (Å²) in [5, 5.41) is 3.68. The fourth-order valence-corrected chi connectivity index (χ4v) is 2.93.